The lowest BCUT2D eigenvalue weighted by atomic mass is 9.87. The maximum atomic E-state index is 4.51. The van der Waals surface area contributed by atoms with E-state index in [0.717, 1.165) is 11.1 Å². The summed E-state index contributed by atoms with van der Waals surface area (Å²) in [6.45, 7) is 6.71. The zero-order valence-electron chi connectivity index (χ0n) is 20.2. The molecular formula is C35H26S. The van der Waals surface area contributed by atoms with Crippen LogP contribution >= 0.6 is 11.3 Å². The van der Waals surface area contributed by atoms with Gasteiger partial charge in [-0.05, 0) is 69.7 Å². The molecule has 6 aromatic rings. The van der Waals surface area contributed by atoms with Crippen molar-refractivity contribution >= 4 is 48.2 Å². The van der Waals surface area contributed by atoms with Gasteiger partial charge in [0.15, 0.2) is 0 Å². The van der Waals surface area contributed by atoms with Gasteiger partial charge < -0.3 is 0 Å². The van der Waals surface area contributed by atoms with Crippen LogP contribution in [0, 0.1) is 0 Å². The van der Waals surface area contributed by atoms with Crippen LogP contribution in [0.15, 0.2) is 134 Å². The zero-order chi connectivity index (χ0) is 24.5. The molecule has 0 aliphatic carbocycles. The van der Waals surface area contributed by atoms with E-state index in [2.05, 4.69) is 135 Å². The third-order valence-electron chi connectivity index (χ3n) is 6.89. The molecule has 0 N–H and O–H groups in total. The summed E-state index contributed by atoms with van der Waals surface area (Å²) >= 11 is 1.86. The van der Waals surface area contributed by atoms with E-state index in [4.69, 9.17) is 0 Å². The first-order chi connectivity index (χ1) is 17.7. The third-order valence-corrected chi connectivity index (χ3v) is 8.04. The number of hydrogen-bond donors (Lipinski definition) is 0. The summed E-state index contributed by atoms with van der Waals surface area (Å²) in [5, 5.41) is 2.67. The van der Waals surface area contributed by atoms with Gasteiger partial charge in [0, 0.05) is 20.2 Å². The fraction of sp³-hybridized carbons (Fsp3) is 0.0286. The quantitative estimate of drug-likeness (QED) is 0.171. The Labute approximate surface area is 216 Å². The Morgan fingerprint density at radius 3 is 1.83 bits per heavy atom. The average Bonchev–Trinajstić information content (AvgIpc) is 3.32. The Bertz CT molecular complexity index is 1720. The summed E-state index contributed by atoms with van der Waals surface area (Å²) in [7, 11) is 0. The lowest BCUT2D eigenvalue weighted by Crippen LogP contribution is -1.94. The van der Waals surface area contributed by atoms with Crippen molar-refractivity contribution < 1.29 is 0 Å². The molecule has 0 bridgehead atoms. The predicted octanol–water partition coefficient (Wildman–Crippen LogP) is 10.4. The molecule has 0 saturated carbocycles. The van der Waals surface area contributed by atoms with Crippen molar-refractivity contribution in [2.45, 2.75) is 6.92 Å². The van der Waals surface area contributed by atoms with Crippen LogP contribution in [0.5, 0.6) is 0 Å². The first kappa shape index (κ1) is 22.3. The Kier molecular flexibility index (Phi) is 5.85. The lowest BCUT2D eigenvalue weighted by Gasteiger charge is -2.17. The second-order valence-electron chi connectivity index (χ2n) is 9.10. The third kappa shape index (κ3) is 4.08. The van der Waals surface area contributed by atoms with Crippen LogP contribution < -0.4 is 0 Å². The molecular weight excluding hydrogens is 452 g/mol. The molecule has 172 valence electrons. The van der Waals surface area contributed by atoms with Gasteiger partial charge in [0.1, 0.15) is 0 Å². The first-order valence-corrected chi connectivity index (χ1v) is 13.0. The minimum atomic E-state index is 1.04. The topological polar surface area (TPSA) is 0 Å². The van der Waals surface area contributed by atoms with Crippen LogP contribution in [0.2, 0.25) is 0 Å². The van der Waals surface area contributed by atoms with E-state index in [1.807, 2.05) is 17.4 Å². The smallest absolute Gasteiger partial charge is 0.0355 e. The van der Waals surface area contributed by atoms with Crippen molar-refractivity contribution in [3.8, 4) is 11.1 Å². The van der Waals surface area contributed by atoms with E-state index in [-0.39, 0.29) is 0 Å². The molecule has 0 spiro atoms. The fourth-order valence-corrected chi connectivity index (χ4v) is 6.05. The molecule has 0 fully saturated rings. The lowest BCUT2D eigenvalue weighted by molar-refractivity contribution is 1.53. The van der Waals surface area contributed by atoms with E-state index in [1.54, 1.807) is 0 Å². The van der Waals surface area contributed by atoms with Crippen molar-refractivity contribution in [2.24, 2.45) is 0 Å². The highest BCUT2D eigenvalue weighted by Crippen LogP contribution is 2.38. The number of thiophene rings is 1. The van der Waals surface area contributed by atoms with Gasteiger partial charge in [-0.15, -0.1) is 11.3 Å². The van der Waals surface area contributed by atoms with Crippen LogP contribution in [0.3, 0.4) is 0 Å². The highest BCUT2D eigenvalue weighted by Gasteiger charge is 2.14. The summed E-state index contributed by atoms with van der Waals surface area (Å²) in [5.41, 5.74) is 9.45. The molecule has 36 heavy (non-hydrogen) atoms. The van der Waals surface area contributed by atoms with E-state index in [0.29, 0.717) is 0 Å². The highest BCUT2D eigenvalue weighted by atomic mass is 32.1. The van der Waals surface area contributed by atoms with Crippen molar-refractivity contribution in [3.63, 3.8) is 0 Å². The number of rotatable bonds is 5. The molecule has 0 amide bonds. The van der Waals surface area contributed by atoms with Gasteiger partial charge in [0.05, 0.1) is 0 Å². The van der Waals surface area contributed by atoms with E-state index >= 15 is 0 Å². The molecule has 1 heterocycles. The molecule has 5 aromatic carbocycles. The maximum Gasteiger partial charge on any atom is 0.0355 e. The summed E-state index contributed by atoms with van der Waals surface area (Å²) in [6.07, 6.45) is 0. The Morgan fingerprint density at radius 1 is 0.528 bits per heavy atom. The van der Waals surface area contributed by atoms with Gasteiger partial charge >= 0.3 is 0 Å². The van der Waals surface area contributed by atoms with Crippen molar-refractivity contribution in [2.75, 3.05) is 0 Å². The predicted molar refractivity (Wildman–Crippen MR) is 159 cm³/mol. The average molecular weight is 479 g/mol. The molecule has 0 aliphatic rings. The van der Waals surface area contributed by atoms with Crippen molar-refractivity contribution in [1.29, 1.82) is 0 Å². The monoisotopic (exact) mass is 478 g/mol. The summed E-state index contributed by atoms with van der Waals surface area (Å²) in [5.74, 6) is 0. The normalized spacial score (nSPS) is 12.0. The van der Waals surface area contributed by atoms with Gasteiger partial charge in [0.2, 0.25) is 0 Å². The maximum absolute atomic E-state index is 4.51. The van der Waals surface area contributed by atoms with Gasteiger partial charge in [-0.25, -0.2) is 0 Å². The summed E-state index contributed by atoms with van der Waals surface area (Å²) < 4.78 is 2.68. The van der Waals surface area contributed by atoms with E-state index in [1.165, 1.54) is 53.6 Å². The van der Waals surface area contributed by atoms with Crippen LogP contribution in [0.1, 0.15) is 23.6 Å². The van der Waals surface area contributed by atoms with Crippen LogP contribution in [-0.4, -0.2) is 0 Å². The van der Waals surface area contributed by atoms with Crippen LogP contribution in [0.25, 0.3) is 48.0 Å². The molecule has 0 saturated heterocycles. The van der Waals surface area contributed by atoms with Crippen LogP contribution in [-0.2, 0) is 0 Å². The molecule has 0 unspecified atom stereocenters. The van der Waals surface area contributed by atoms with Crippen molar-refractivity contribution in [1.82, 2.24) is 0 Å². The van der Waals surface area contributed by atoms with Gasteiger partial charge in [-0.3, -0.25) is 0 Å². The summed E-state index contributed by atoms with van der Waals surface area (Å²) in [4.78, 5) is 0. The van der Waals surface area contributed by atoms with E-state index < -0.39 is 0 Å². The molecule has 0 aliphatic heterocycles. The Hall–Kier alpha value is -4.20. The number of fused-ring (bicyclic) bond motifs is 3. The molecule has 0 radical (unpaired) electrons. The zero-order valence-corrected chi connectivity index (χ0v) is 21.1. The highest BCUT2D eigenvalue weighted by molar-refractivity contribution is 7.25. The molecule has 1 heteroatoms. The standard InChI is InChI=1S/C35H26S/c1-24(26-11-5-3-6-12-26)35(29-13-7-4-8-14-29)25(2)27-17-19-28(20-18-27)30-21-22-34-32(23-30)31-15-9-10-16-33(31)36-34/h3-23H,1H2,2H3. The minimum Gasteiger partial charge on any atom is -0.135 e. The van der Waals surface area contributed by atoms with Gasteiger partial charge in [-0.2, -0.15) is 0 Å². The van der Waals surface area contributed by atoms with Gasteiger partial charge in [0.25, 0.3) is 0 Å². The van der Waals surface area contributed by atoms with Crippen LogP contribution in [0.4, 0.5) is 0 Å². The SMILES string of the molecule is C=C(C(=C(C)c1ccc(-c2ccc3sc4ccccc4c3c2)cc1)c1ccccc1)c1ccccc1. The first-order valence-electron chi connectivity index (χ1n) is 12.2. The molecule has 0 nitrogen and oxygen atoms in total. The Morgan fingerprint density at radius 2 is 1.11 bits per heavy atom. The molecule has 0 atom stereocenters. The largest absolute Gasteiger partial charge is 0.135 e. The summed E-state index contributed by atoms with van der Waals surface area (Å²) in [6, 6.07) is 45.5. The second kappa shape index (κ2) is 9.45. The van der Waals surface area contributed by atoms with Gasteiger partial charge in [-0.1, -0.05) is 116 Å². The number of hydrogen-bond acceptors (Lipinski definition) is 1. The second-order valence-corrected chi connectivity index (χ2v) is 10.2. The van der Waals surface area contributed by atoms with Crippen molar-refractivity contribution in [3.05, 3.63) is 151 Å². The minimum absolute atomic E-state index is 1.04. The number of benzene rings is 5. The Balaban J connectivity index is 1.41. The molecule has 1 aromatic heterocycles. The van der Waals surface area contributed by atoms with E-state index in [9.17, 15) is 0 Å². The fourth-order valence-electron chi connectivity index (χ4n) is 4.97. The number of allylic oxidation sites excluding steroid dienone is 3. The molecule has 6 rings (SSSR count).